The van der Waals surface area contributed by atoms with Gasteiger partial charge >= 0.3 is 0 Å². The van der Waals surface area contributed by atoms with Crippen molar-refractivity contribution in [1.29, 1.82) is 0 Å². The Bertz CT molecular complexity index is 1230. The predicted molar refractivity (Wildman–Crippen MR) is 115 cm³/mol. The molecule has 0 spiro atoms. The Morgan fingerprint density at radius 3 is 2.77 bits per heavy atom. The maximum Gasteiger partial charge on any atom is 0.240 e. The van der Waals surface area contributed by atoms with Gasteiger partial charge in [-0.3, -0.25) is 10.1 Å². The van der Waals surface area contributed by atoms with Crippen molar-refractivity contribution in [1.82, 2.24) is 15.2 Å². The summed E-state index contributed by atoms with van der Waals surface area (Å²) in [5, 5.41) is 6.94. The Balaban J connectivity index is 1.81. The number of methoxy groups -OCH3 is 1. The molecule has 4 nitrogen and oxygen atoms in total. The molecule has 1 aliphatic carbocycles. The first-order valence-corrected chi connectivity index (χ1v) is 10.1. The number of hydrogen-bond donors (Lipinski definition) is 1. The van der Waals surface area contributed by atoms with Crippen LogP contribution in [0.25, 0.3) is 22.0 Å². The zero-order valence-corrected chi connectivity index (χ0v) is 16.7. The zero-order chi connectivity index (χ0) is 20.5. The van der Waals surface area contributed by atoms with Crippen LogP contribution >= 0.6 is 0 Å². The molecule has 4 aromatic rings. The van der Waals surface area contributed by atoms with Crippen molar-refractivity contribution in [3.63, 3.8) is 0 Å². The van der Waals surface area contributed by atoms with Gasteiger partial charge < -0.3 is 4.74 Å². The normalized spacial score (nSPS) is 15.0. The van der Waals surface area contributed by atoms with Crippen LogP contribution < -0.4 is 4.74 Å². The first kappa shape index (κ1) is 18.6. The summed E-state index contributed by atoms with van der Waals surface area (Å²) < 4.78 is 19.7. The molecule has 0 bridgehead atoms. The Morgan fingerprint density at radius 1 is 1.13 bits per heavy atom. The van der Waals surface area contributed by atoms with E-state index in [1.165, 1.54) is 12.0 Å². The highest BCUT2D eigenvalue weighted by molar-refractivity contribution is 6.01. The third kappa shape index (κ3) is 3.26. The maximum absolute atomic E-state index is 14.3. The molecule has 0 unspecified atom stereocenters. The minimum atomic E-state index is -0.489. The number of halogens is 1. The standard InChI is InChI=1S/C25H21FN3O/c1-30-20-12-19(14-27-15-20)24(17-8-5-9-17)23(16-6-3-2-4-7-16)18-10-11-22-21(13-18)25(26)29-28-22/h2-4,6,10-15,17H,5,8-9H2,1H3,(H,28,29)/b24-23+. The van der Waals surface area contributed by atoms with Crippen LogP contribution in [0.3, 0.4) is 0 Å². The van der Waals surface area contributed by atoms with E-state index in [2.05, 4.69) is 27.3 Å². The SMILES string of the molecule is COc1cncc(/C(=C(\c2[c]cccc2)c2ccc3[nH]nc(F)c3c2)C2CCC2)c1. The van der Waals surface area contributed by atoms with E-state index in [4.69, 9.17) is 4.74 Å². The zero-order valence-electron chi connectivity index (χ0n) is 16.7. The van der Waals surface area contributed by atoms with Gasteiger partial charge in [0, 0.05) is 11.8 Å². The molecule has 1 aliphatic rings. The molecule has 0 aliphatic heterocycles. The van der Waals surface area contributed by atoms with Crippen LogP contribution in [-0.2, 0) is 0 Å². The van der Waals surface area contributed by atoms with E-state index in [-0.39, 0.29) is 0 Å². The molecule has 149 valence electrons. The molecule has 1 N–H and O–H groups in total. The Kier molecular flexibility index (Phi) is 4.79. The van der Waals surface area contributed by atoms with Crippen molar-refractivity contribution in [2.45, 2.75) is 19.3 Å². The van der Waals surface area contributed by atoms with Crippen LogP contribution in [0.15, 0.2) is 60.9 Å². The van der Waals surface area contributed by atoms with Gasteiger partial charge in [-0.2, -0.15) is 4.39 Å². The highest BCUT2D eigenvalue weighted by atomic mass is 19.1. The molecule has 0 saturated heterocycles. The van der Waals surface area contributed by atoms with E-state index < -0.39 is 5.95 Å². The number of nitrogens with zero attached hydrogens (tertiary/aromatic N) is 2. The lowest BCUT2D eigenvalue weighted by atomic mass is 9.73. The fourth-order valence-corrected chi connectivity index (χ4v) is 4.10. The first-order valence-electron chi connectivity index (χ1n) is 10.1. The number of allylic oxidation sites excluding steroid dienone is 1. The molecule has 0 amide bonds. The molecule has 1 saturated carbocycles. The van der Waals surface area contributed by atoms with Crippen LogP contribution in [0.1, 0.15) is 36.0 Å². The number of ether oxygens (including phenoxy) is 1. The molecule has 1 fully saturated rings. The lowest BCUT2D eigenvalue weighted by Gasteiger charge is -2.31. The van der Waals surface area contributed by atoms with E-state index in [0.717, 1.165) is 40.9 Å². The summed E-state index contributed by atoms with van der Waals surface area (Å²) in [7, 11) is 1.65. The average molecular weight is 398 g/mol. The lowest BCUT2D eigenvalue weighted by molar-refractivity contribution is 0.399. The van der Waals surface area contributed by atoms with Crippen molar-refractivity contribution < 1.29 is 9.13 Å². The van der Waals surface area contributed by atoms with Crippen molar-refractivity contribution in [3.05, 3.63) is 89.6 Å². The Labute approximate surface area is 174 Å². The number of H-pyrrole nitrogens is 1. The van der Waals surface area contributed by atoms with Crippen LogP contribution in [0.4, 0.5) is 4.39 Å². The van der Waals surface area contributed by atoms with Gasteiger partial charge in [0.05, 0.1) is 24.2 Å². The van der Waals surface area contributed by atoms with Crippen LogP contribution in [0.5, 0.6) is 5.75 Å². The fourth-order valence-electron chi connectivity index (χ4n) is 4.10. The number of fused-ring (bicyclic) bond motifs is 1. The molecule has 2 heterocycles. The van der Waals surface area contributed by atoms with E-state index in [9.17, 15) is 4.39 Å². The summed E-state index contributed by atoms with van der Waals surface area (Å²) in [6, 6.07) is 19.1. The number of nitrogens with one attached hydrogen (secondary N) is 1. The molecule has 30 heavy (non-hydrogen) atoms. The molecular formula is C25H21FN3O. The second-order valence-electron chi connectivity index (χ2n) is 7.58. The van der Waals surface area contributed by atoms with Gasteiger partial charge in [-0.15, -0.1) is 5.10 Å². The van der Waals surface area contributed by atoms with Crippen LogP contribution in [0, 0.1) is 17.9 Å². The summed E-state index contributed by atoms with van der Waals surface area (Å²) in [5.41, 5.74) is 5.89. The Hall–Kier alpha value is -3.47. The largest absolute Gasteiger partial charge is 0.495 e. The smallest absolute Gasteiger partial charge is 0.240 e. The van der Waals surface area contributed by atoms with Gasteiger partial charge in [0.15, 0.2) is 0 Å². The number of hydrogen-bond acceptors (Lipinski definition) is 3. The minimum absolute atomic E-state index is 0.410. The Morgan fingerprint density at radius 2 is 2.03 bits per heavy atom. The van der Waals surface area contributed by atoms with Gasteiger partial charge in [0.1, 0.15) is 5.75 Å². The van der Waals surface area contributed by atoms with E-state index in [1.54, 1.807) is 13.3 Å². The maximum atomic E-state index is 14.3. The van der Waals surface area contributed by atoms with Crippen molar-refractivity contribution in [3.8, 4) is 5.75 Å². The van der Waals surface area contributed by atoms with Gasteiger partial charge in [-0.1, -0.05) is 36.8 Å². The third-order valence-corrected chi connectivity index (χ3v) is 5.83. The van der Waals surface area contributed by atoms with Crippen molar-refractivity contribution >= 4 is 22.0 Å². The van der Waals surface area contributed by atoms with Gasteiger partial charge in [-0.05, 0) is 65.3 Å². The summed E-state index contributed by atoms with van der Waals surface area (Å²) in [6.45, 7) is 0. The highest BCUT2D eigenvalue weighted by Crippen LogP contribution is 2.45. The topological polar surface area (TPSA) is 50.8 Å². The fraction of sp³-hybridized carbons (Fsp3) is 0.200. The summed E-state index contributed by atoms with van der Waals surface area (Å²) >= 11 is 0. The molecule has 2 aromatic carbocycles. The summed E-state index contributed by atoms with van der Waals surface area (Å²) in [5.74, 6) is 0.640. The van der Waals surface area contributed by atoms with Crippen LogP contribution in [-0.4, -0.2) is 22.3 Å². The second kappa shape index (κ2) is 7.75. The van der Waals surface area contributed by atoms with E-state index in [1.807, 2.05) is 48.7 Å². The number of aromatic nitrogens is 3. The van der Waals surface area contributed by atoms with Gasteiger partial charge in [0.2, 0.25) is 5.95 Å². The van der Waals surface area contributed by atoms with E-state index >= 15 is 0 Å². The monoisotopic (exact) mass is 398 g/mol. The number of benzene rings is 2. The highest BCUT2D eigenvalue weighted by Gasteiger charge is 2.28. The second-order valence-corrected chi connectivity index (χ2v) is 7.58. The van der Waals surface area contributed by atoms with Crippen molar-refractivity contribution in [2.24, 2.45) is 5.92 Å². The first-order chi connectivity index (χ1) is 14.7. The molecular weight excluding hydrogens is 377 g/mol. The van der Waals surface area contributed by atoms with Crippen molar-refractivity contribution in [2.75, 3.05) is 7.11 Å². The number of pyridine rings is 1. The molecule has 2 aromatic heterocycles. The lowest BCUT2D eigenvalue weighted by Crippen LogP contribution is -2.15. The quantitative estimate of drug-likeness (QED) is 0.472. The summed E-state index contributed by atoms with van der Waals surface area (Å²) in [6.07, 6.45) is 7.03. The molecule has 5 rings (SSSR count). The van der Waals surface area contributed by atoms with Crippen LogP contribution in [0.2, 0.25) is 0 Å². The number of rotatable bonds is 5. The molecule has 1 radical (unpaired) electrons. The minimum Gasteiger partial charge on any atom is -0.495 e. The predicted octanol–water partition coefficient (Wildman–Crippen LogP) is 5.66. The van der Waals surface area contributed by atoms with E-state index in [0.29, 0.717) is 16.8 Å². The van der Waals surface area contributed by atoms with Gasteiger partial charge in [0.25, 0.3) is 0 Å². The average Bonchev–Trinajstić information content (AvgIpc) is 3.13. The van der Waals surface area contributed by atoms with Gasteiger partial charge in [-0.25, -0.2) is 0 Å². The molecule has 0 atom stereocenters. The summed E-state index contributed by atoms with van der Waals surface area (Å²) in [4.78, 5) is 4.40. The third-order valence-electron chi connectivity index (χ3n) is 5.83. The number of aromatic amines is 1. The molecule has 5 heteroatoms.